The highest BCUT2D eigenvalue weighted by Crippen LogP contribution is 2.33. The average molecular weight is 156 g/mol. The Morgan fingerprint density at radius 3 is 2.09 bits per heavy atom. The Bertz CT molecular complexity index is 122. The summed E-state index contributed by atoms with van der Waals surface area (Å²) in [5, 5.41) is 0. The van der Waals surface area contributed by atoms with Crippen LogP contribution in [0, 0.1) is 11.8 Å². The molecule has 4 atom stereocenters. The first-order chi connectivity index (χ1) is 5.16. The van der Waals surface area contributed by atoms with E-state index in [2.05, 4.69) is 27.7 Å². The molecule has 0 saturated carbocycles. The molecule has 1 fully saturated rings. The molecule has 1 nitrogen and oxygen atoms in total. The third-order valence-electron chi connectivity index (χ3n) is 3.12. The Morgan fingerprint density at radius 1 is 1.09 bits per heavy atom. The SMILES string of the molecule is CCC[C@@H]1O[C@H](C)[C@@H](C)[C@H]1C. The van der Waals surface area contributed by atoms with Gasteiger partial charge in [-0.1, -0.05) is 27.2 Å². The Kier molecular flexibility index (Phi) is 2.94. The summed E-state index contributed by atoms with van der Waals surface area (Å²) in [7, 11) is 0. The number of ether oxygens (including phenoxy) is 1. The molecule has 1 heterocycles. The fourth-order valence-corrected chi connectivity index (χ4v) is 1.91. The van der Waals surface area contributed by atoms with Crippen molar-refractivity contribution >= 4 is 0 Å². The van der Waals surface area contributed by atoms with Gasteiger partial charge in [0.2, 0.25) is 0 Å². The lowest BCUT2D eigenvalue weighted by atomic mass is 9.89. The molecule has 66 valence electrons. The predicted molar refractivity (Wildman–Crippen MR) is 47.6 cm³/mol. The van der Waals surface area contributed by atoms with Crippen LogP contribution in [0.25, 0.3) is 0 Å². The largest absolute Gasteiger partial charge is 0.375 e. The first-order valence-electron chi connectivity index (χ1n) is 4.82. The Hall–Kier alpha value is -0.0400. The first-order valence-corrected chi connectivity index (χ1v) is 4.82. The van der Waals surface area contributed by atoms with Crippen LogP contribution in [0.4, 0.5) is 0 Å². The zero-order valence-corrected chi connectivity index (χ0v) is 8.13. The van der Waals surface area contributed by atoms with Crippen LogP contribution in [0.1, 0.15) is 40.5 Å². The molecule has 1 aliphatic heterocycles. The predicted octanol–water partition coefficient (Wildman–Crippen LogP) is 2.85. The average Bonchev–Trinajstić information content (AvgIpc) is 2.19. The molecule has 0 bridgehead atoms. The monoisotopic (exact) mass is 156 g/mol. The third kappa shape index (κ3) is 1.76. The molecule has 1 heteroatoms. The molecule has 0 N–H and O–H groups in total. The van der Waals surface area contributed by atoms with Gasteiger partial charge >= 0.3 is 0 Å². The van der Waals surface area contributed by atoms with Crippen LogP contribution in [0.2, 0.25) is 0 Å². The highest BCUT2D eigenvalue weighted by Gasteiger charge is 2.35. The zero-order chi connectivity index (χ0) is 8.43. The summed E-state index contributed by atoms with van der Waals surface area (Å²) >= 11 is 0. The Balaban J connectivity index is 2.45. The molecule has 1 saturated heterocycles. The molecule has 0 aliphatic carbocycles. The summed E-state index contributed by atoms with van der Waals surface area (Å²) < 4.78 is 5.83. The second kappa shape index (κ2) is 3.57. The van der Waals surface area contributed by atoms with Crippen molar-refractivity contribution in [3.63, 3.8) is 0 Å². The molecular weight excluding hydrogens is 136 g/mol. The Labute approximate surface area is 70.1 Å². The van der Waals surface area contributed by atoms with Crippen molar-refractivity contribution < 1.29 is 4.74 Å². The minimum absolute atomic E-state index is 0.474. The van der Waals surface area contributed by atoms with Gasteiger partial charge in [0, 0.05) is 0 Å². The van der Waals surface area contributed by atoms with E-state index in [0.29, 0.717) is 12.2 Å². The highest BCUT2D eigenvalue weighted by molar-refractivity contribution is 4.82. The van der Waals surface area contributed by atoms with E-state index in [1.807, 2.05) is 0 Å². The van der Waals surface area contributed by atoms with Gasteiger partial charge in [0.15, 0.2) is 0 Å². The van der Waals surface area contributed by atoms with Gasteiger partial charge in [0.05, 0.1) is 12.2 Å². The highest BCUT2D eigenvalue weighted by atomic mass is 16.5. The molecule has 0 amide bonds. The summed E-state index contributed by atoms with van der Waals surface area (Å²) in [5.41, 5.74) is 0. The van der Waals surface area contributed by atoms with Crippen molar-refractivity contribution in [2.45, 2.75) is 52.7 Å². The van der Waals surface area contributed by atoms with Gasteiger partial charge in [0.25, 0.3) is 0 Å². The van der Waals surface area contributed by atoms with Gasteiger partial charge in [-0.15, -0.1) is 0 Å². The van der Waals surface area contributed by atoms with Crippen molar-refractivity contribution in [2.24, 2.45) is 11.8 Å². The van der Waals surface area contributed by atoms with Crippen molar-refractivity contribution in [1.82, 2.24) is 0 Å². The minimum atomic E-state index is 0.474. The standard InChI is InChI=1S/C10H20O/c1-5-6-10-8(3)7(2)9(4)11-10/h7-10H,5-6H2,1-4H3/t7-,8+,9+,10-/m0/s1. The van der Waals surface area contributed by atoms with E-state index < -0.39 is 0 Å². The van der Waals surface area contributed by atoms with Gasteiger partial charge < -0.3 is 4.74 Å². The zero-order valence-electron chi connectivity index (χ0n) is 8.13. The topological polar surface area (TPSA) is 9.23 Å². The summed E-state index contributed by atoms with van der Waals surface area (Å²) in [5.74, 6) is 1.50. The van der Waals surface area contributed by atoms with E-state index >= 15 is 0 Å². The van der Waals surface area contributed by atoms with Gasteiger partial charge in [-0.25, -0.2) is 0 Å². The van der Waals surface area contributed by atoms with Crippen molar-refractivity contribution in [1.29, 1.82) is 0 Å². The lowest BCUT2D eigenvalue weighted by molar-refractivity contribution is 0.0360. The maximum Gasteiger partial charge on any atom is 0.0607 e. The van der Waals surface area contributed by atoms with E-state index in [9.17, 15) is 0 Å². The van der Waals surface area contributed by atoms with E-state index in [0.717, 1.165) is 11.8 Å². The second-order valence-corrected chi connectivity index (χ2v) is 3.89. The summed E-state index contributed by atoms with van der Waals surface area (Å²) in [6.07, 6.45) is 3.48. The fraction of sp³-hybridized carbons (Fsp3) is 1.00. The Morgan fingerprint density at radius 2 is 1.73 bits per heavy atom. The molecule has 0 radical (unpaired) electrons. The van der Waals surface area contributed by atoms with Crippen molar-refractivity contribution in [3.05, 3.63) is 0 Å². The lowest BCUT2D eigenvalue weighted by Gasteiger charge is -2.14. The summed E-state index contributed by atoms with van der Waals surface area (Å²) in [6.45, 7) is 9.03. The van der Waals surface area contributed by atoms with Gasteiger partial charge in [-0.05, 0) is 25.2 Å². The van der Waals surface area contributed by atoms with Crippen LogP contribution >= 0.6 is 0 Å². The summed E-state index contributed by atoms with van der Waals surface area (Å²) in [4.78, 5) is 0. The van der Waals surface area contributed by atoms with Crippen molar-refractivity contribution in [2.75, 3.05) is 0 Å². The van der Waals surface area contributed by atoms with E-state index in [1.165, 1.54) is 12.8 Å². The van der Waals surface area contributed by atoms with Crippen LogP contribution < -0.4 is 0 Å². The molecule has 0 aromatic carbocycles. The summed E-state index contributed by atoms with van der Waals surface area (Å²) in [6, 6.07) is 0. The van der Waals surface area contributed by atoms with Gasteiger partial charge in [0.1, 0.15) is 0 Å². The van der Waals surface area contributed by atoms with Crippen molar-refractivity contribution in [3.8, 4) is 0 Å². The molecule has 0 aromatic rings. The smallest absolute Gasteiger partial charge is 0.0607 e. The van der Waals surface area contributed by atoms with Gasteiger partial charge in [-0.2, -0.15) is 0 Å². The van der Waals surface area contributed by atoms with E-state index in [1.54, 1.807) is 0 Å². The maximum atomic E-state index is 5.83. The maximum absolute atomic E-state index is 5.83. The van der Waals surface area contributed by atoms with Gasteiger partial charge in [-0.3, -0.25) is 0 Å². The van der Waals surface area contributed by atoms with E-state index in [4.69, 9.17) is 4.74 Å². The van der Waals surface area contributed by atoms with Crippen LogP contribution in [0.3, 0.4) is 0 Å². The molecule has 0 unspecified atom stereocenters. The first kappa shape index (κ1) is 9.05. The number of hydrogen-bond donors (Lipinski definition) is 0. The number of hydrogen-bond acceptors (Lipinski definition) is 1. The quantitative estimate of drug-likeness (QED) is 0.597. The lowest BCUT2D eigenvalue weighted by Crippen LogP contribution is -2.15. The van der Waals surface area contributed by atoms with Crippen LogP contribution in [0.15, 0.2) is 0 Å². The minimum Gasteiger partial charge on any atom is -0.375 e. The van der Waals surface area contributed by atoms with Crippen LogP contribution in [0.5, 0.6) is 0 Å². The van der Waals surface area contributed by atoms with Crippen LogP contribution in [-0.4, -0.2) is 12.2 Å². The van der Waals surface area contributed by atoms with E-state index in [-0.39, 0.29) is 0 Å². The number of rotatable bonds is 2. The molecular formula is C10H20O. The van der Waals surface area contributed by atoms with Crippen LogP contribution in [-0.2, 0) is 4.74 Å². The normalized spacial score (nSPS) is 44.7. The second-order valence-electron chi connectivity index (χ2n) is 3.89. The third-order valence-corrected chi connectivity index (χ3v) is 3.12. The molecule has 0 spiro atoms. The molecule has 1 rings (SSSR count). The molecule has 0 aromatic heterocycles. The molecule has 11 heavy (non-hydrogen) atoms. The fourth-order valence-electron chi connectivity index (χ4n) is 1.91. The molecule has 1 aliphatic rings.